The molecule has 0 aliphatic carbocycles. The SMILES string of the molecule is Cc1cn([C@H]2C[C@H](NC(=O)OC(C)(C)C)C(CO)(CO)O2)c(=O)[nH]c1=O. The van der Waals surface area contributed by atoms with E-state index in [1.165, 1.54) is 13.1 Å². The molecule has 0 spiro atoms. The number of aromatic amines is 1. The standard InChI is InChI=1S/C16H25N3O7/c1-9-6-19(13(23)18-12(9)22)11-5-10(16(7-20,8-21)25-11)17-14(24)26-15(2,3)4/h6,10-11,20-21H,5,7-8H2,1-4H3,(H,17,24)(H,18,22,23)/t10-,11+/m0/s1. The van der Waals surface area contributed by atoms with E-state index in [-0.39, 0.29) is 6.42 Å². The van der Waals surface area contributed by atoms with E-state index in [1.807, 2.05) is 0 Å². The molecule has 1 saturated heterocycles. The molecule has 2 atom stereocenters. The maximum atomic E-state index is 12.1. The molecule has 1 aromatic heterocycles. The number of aromatic nitrogens is 2. The fraction of sp³-hybridized carbons (Fsp3) is 0.688. The normalized spacial score (nSPS) is 22.2. The summed E-state index contributed by atoms with van der Waals surface area (Å²) in [6.07, 6.45) is -0.201. The van der Waals surface area contributed by atoms with Gasteiger partial charge in [-0.2, -0.15) is 0 Å². The van der Waals surface area contributed by atoms with E-state index in [2.05, 4.69) is 10.3 Å². The second-order valence-electron chi connectivity index (χ2n) is 7.37. The third-order valence-electron chi connectivity index (χ3n) is 4.13. The summed E-state index contributed by atoms with van der Waals surface area (Å²) in [5.74, 6) is 0. The average Bonchev–Trinajstić information content (AvgIpc) is 2.87. The van der Waals surface area contributed by atoms with Crippen molar-refractivity contribution in [3.63, 3.8) is 0 Å². The van der Waals surface area contributed by atoms with E-state index in [1.54, 1.807) is 20.8 Å². The number of ether oxygens (including phenoxy) is 2. The van der Waals surface area contributed by atoms with Crippen LogP contribution in [0.15, 0.2) is 15.8 Å². The number of aryl methyl sites for hydroxylation is 1. The summed E-state index contributed by atoms with van der Waals surface area (Å²) >= 11 is 0. The molecule has 1 fully saturated rings. The predicted octanol–water partition coefficient (Wildman–Crippen LogP) is -0.619. The van der Waals surface area contributed by atoms with Crippen molar-refractivity contribution in [2.45, 2.75) is 57.6 Å². The molecule has 4 N–H and O–H groups in total. The van der Waals surface area contributed by atoms with Crippen LogP contribution in [0.3, 0.4) is 0 Å². The minimum Gasteiger partial charge on any atom is -0.444 e. The number of amides is 1. The van der Waals surface area contributed by atoms with Gasteiger partial charge in [0.2, 0.25) is 0 Å². The van der Waals surface area contributed by atoms with Gasteiger partial charge >= 0.3 is 11.8 Å². The smallest absolute Gasteiger partial charge is 0.407 e. The van der Waals surface area contributed by atoms with Gasteiger partial charge < -0.3 is 25.0 Å². The second kappa shape index (κ2) is 7.22. The third-order valence-corrected chi connectivity index (χ3v) is 4.13. The Bertz CT molecular complexity index is 773. The van der Waals surface area contributed by atoms with Crippen LogP contribution in [0.2, 0.25) is 0 Å². The fourth-order valence-corrected chi connectivity index (χ4v) is 2.77. The van der Waals surface area contributed by atoms with E-state index in [0.717, 1.165) is 4.57 Å². The molecule has 1 amide bonds. The largest absolute Gasteiger partial charge is 0.444 e. The fourth-order valence-electron chi connectivity index (χ4n) is 2.77. The van der Waals surface area contributed by atoms with Crippen molar-refractivity contribution in [2.75, 3.05) is 13.2 Å². The van der Waals surface area contributed by atoms with E-state index < -0.39 is 54.0 Å². The third kappa shape index (κ3) is 4.14. The van der Waals surface area contributed by atoms with E-state index in [9.17, 15) is 24.6 Å². The van der Waals surface area contributed by atoms with Gasteiger partial charge in [0, 0.05) is 18.2 Å². The van der Waals surface area contributed by atoms with Gasteiger partial charge in [-0.05, 0) is 27.7 Å². The molecule has 26 heavy (non-hydrogen) atoms. The molecular weight excluding hydrogens is 346 g/mol. The number of alkyl carbamates (subject to hydrolysis) is 1. The maximum Gasteiger partial charge on any atom is 0.407 e. The summed E-state index contributed by atoms with van der Waals surface area (Å²) in [5, 5.41) is 22.1. The highest BCUT2D eigenvalue weighted by molar-refractivity contribution is 5.68. The van der Waals surface area contributed by atoms with E-state index in [0.29, 0.717) is 5.56 Å². The molecule has 2 heterocycles. The first-order chi connectivity index (χ1) is 12.0. The molecule has 10 nitrogen and oxygen atoms in total. The molecule has 0 unspecified atom stereocenters. The lowest BCUT2D eigenvalue weighted by atomic mass is 9.96. The number of carbonyl (C=O) groups excluding carboxylic acids is 1. The number of hydrogen-bond donors (Lipinski definition) is 4. The van der Waals surface area contributed by atoms with Crippen molar-refractivity contribution in [1.29, 1.82) is 0 Å². The van der Waals surface area contributed by atoms with Crippen molar-refractivity contribution in [3.05, 3.63) is 32.6 Å². The number of H-pyrrole nitrogens is 1. The van der Waals surface area contributed by atoms with Gasteiger partial charge in [0.25, 0.3) is 5.56 Å². The van der Waals surface area contributed by atoms with Crippen molar-refractivity contribution < 1.29 is 24.5 Å². The average molecular weight is 371 g/mol. The number of nitrogens with one attached hydrogen (secondary N) is 2. The first-order valence-electron chi connectivity index (χ1n) is 8.22. The van der Waals surface area contributed by atoms with Gasteiger partial charge in [0.05, 0.1) is 19.3 Å². The second-order valence-corrected chi connectivity index (χ2v) is 7.37. The molecular formula is C16H25N3O7. The molecule has 1 aromatic rings. The summed E-state index contributed by atoms with van der Waals surface area (Å²) in [4.78, 5) is 37.8. The zero-order chi connectivity index (χ0) is 19.7. The molecule has 0 saturated carbocycles. The van der Waals surface area contributed by atoms with E-state index in [4.69, 9.17) is 9.47 Å². The molecule has 0 aromatic carbocycles. The van der Waals surface area contributed by atoms with Gasteiger partial charge in [0.1, 0.15) is 17.4 Å². The lowest BCUT2D eigenvalue weighted by molar-refractivity contribution is -0.129. The number of hydrogen-bond acceptors (Lipinski definition) is 7. The summed E-state index contributed by atoms with van der Waals surface area (Å²) in [6, 6.07) is -0.809. The molecule has 2 rings (SSSR count). The molecule has 1 aliphatic heterocycles. The highest BCUT2D eigenvalue weighted by Crippen LogP contribution is 2.36. The zero-order valence-corrected chi connectivity index (χ0v) is 15.2. The topological polar surface area (TPSA) is 143 Å². The monoisotopic (exact) mass is 371 g/mol. The maximum absolute atomic E-state index is 12.1. The van der Waals surface area contributed by atoms with Gasteiger partial charge in [-0.25, -0.2) is 9.59 Å². The lowest BCUT2D eigenvalue weighted by Gasteiger charge is -2.31. The molecule has 0 bridgehead atoms. The quantitative estimate of drug-likeness (QED) is 0.552. The van der Waals surface area contributed by atoms with Crippen LogP contribution < -0.4 is 16.6 Å². The van der Waals surface area contributed by atoms with Crippen LogP contribution in [0.25, 0.3) is 0 Å². The van der Waals surface area contributed by atoms with Crippen molar-refractivity contribution >= 4 is 6.09 Å². The highest BCUT2D eigenvalue weighted by Gasteiger charge is 2.50. The van der Waals surface area contributed by atoms with Crippen LogP contribution in [-0.4, -0.2) is 56.3 Å². The Morgan fingerprint density at radius 1 is 1.42 bits per heavy atom. The Labute approximate surface area is 149 Å². The minimum absolute atomic E-state index is 0.0890. The Balaban J connectivity index is 2.29. The summed E-state index contributed by atoms with van der Waals surface area (Å²) in [5.41, 5.74) is -3.12. The number of aliphatic hydroxyl groups excluding tert-OH is 2. The van der Waals surface area contributed by atoms with Crippen molar-refractivity contribution in [2.24, 2.45) is 0 Å². The van der Waals surface area contributed by atoms with Crippen molar-refractivity contribution in [1.82, 2.24) is 14.9 Å². The Morgan fingerprint density at radius 3 is 2.58 bits per heavy atom. The minimum atomic E-state index is -1.49. The summed E-state index contributed by atoms with van der Waals surface area (Å²) < 4.78 is 12.1. The number of rotatable bonds is 4. The lowest BCUT2D eigenvalue weighted by Crippen LogP contribution is -2.55. The van der Waals surface area contributed by atoms with Gasteiger partial charge in [0.15, 0.2) is 0 Å². The molecule has 146 valence electrons. The van der Waals surface area contributed by atoms with Crippen LogP contribution >= 0.6 is 0 Å². The van der Waals surface area contributed by atoms with Gasteiger partial charge in [-0.15, -0.1) is 0 Å². The van der Waals surface area contributed by atoms with Crippen LogP contribution in [0.4, 0.5) is 4.79 Å². The highest BCUT2D eigenvalue weighted by atomic mass is 16.6. The van der Waals surface area contributed by atoms with Gasteiger partial charge in [-0.1, -0.05) is 0 Å². The number of carbonyl (C=O) groups is 1. The predicted molar refractivity (Wildman–Crippen MR) is 90.9 cm³/mol. The Kier molecular flexibility index (Phi) is 5.59. The van der Waals surface area contributed by atoms with Crippen LogP contribution in [-0.2, 0) is 9.47 Å². The Hall–Kier alpha value is -2.17. The first-order valence-corrected chi connectivity index (χ1v) is 8.22. The number of aliphatic hydroxyl groups is 2. The van der Waals surface area contributed by atoms with Crippen molar-refractivity contribution in [3.8, 4) is 0 Å². The van der Waals surface area contributed by atoms with Crippen LogP contribution in [0.1, 0.15) is 39.0 Å². The van der Waals surface area contributed by atoms with Gasteiger partial charge in [-0.3, -0.25) is 14.3 Å². The number of nitrogens with zero attached hydrogens (tertiary/aromatic N) is 1. The Morgan fingerprint density at radius 2 is 2.04 bits per heavy atom. The molecule has 10 heteroatoms. The molecule has 0 radical (unpaired) electrons. The zero-order valence-electron chi connectivity index (χ0n) is 15.2. The van der Waals surface area contributed by atoms with Crippen LogP contribution in [0, 0.1) is 6.92 Å². The van der Waals surface area contributed by atoms with E-state index >= 15 is 0 Å². The first kappa shape index (κ1) is 20.1. The van der Waals surface area contributed by atoms with Crippen LogP contribution in [0.5, 0.6) is 0 Å². The summed E-state index contributed by atoms with van der Waals surface area (Å²) in [7, 11) is 0. The summed E-state index contributed by atoms with van der Waals surface area (Å²) in [6.45, 7) is 5.47. The molecule has 1 aliphatic rings.